The zero-order valence-corrected chi connectivity index (χ0v) is 13.9. The fourth-order valence-electron chi connectivity index (χ4n) is 2.62. The normalized spacial score (nSPS) is 15.8. The average molecular weight is 354 g/mol. The predicted molar refractivity (Wildman–Crippen MR) is 88.8 cm³/mol. The van der Waals surface area contributed by atoms with Crippen LogP contribution in [0.4, 0.5) is 4.79 Å². The van der Waals surface area contributed by atoms with Crippen LogP contribution in [0.15, 0.2) is 18.2 Å². The first-order chi connectivity index (χ1) is 11.0. The lowest BCUT2D eigenvalue weighted by atomic mass is 9.97. The molecule has 0 saturated carbocycles. The Hall–Kier alpha value is -1.86. The number of hydrogen-bond acceptors (Lipinski definition) is 4. The summed E-state index contributed by atoms with van der Waals surface area (Å²) in [6, 6.07) is 5.36. The Morgan fingerprint density at radius 2 is 2.13 bits per heavy atom. The summed E-state index contributed by atoms with van der Waals surface area (Å²) in [7, 11) is 0. The van der Waals surface area contributed by atoms with E-state index in [0.717, 1.165) is 15.2 Å². The fraction of sp³-hybridized carbons (Fsp3) is 0.400. The van der Waals surface area contributed by atoms with E-state index in [4.69, 9.17) is 16.7 Å². The van der Waals surface area contributed by atoms with Crippen LogP contribution in [0.5, 0.6) is 0 Å². The molecule has 1 aliphatic heterocycles. The summed E-state index contributed by atoms with van der Waals surface area (Å²) in [5, 5.41) is 13.3. The lowest BCUT2D eigenvalue weighted by Gasteiger charge is -2.30. The Bertz CT molecular complexity index is 741. The van der Waals surface area contributed by atoms with Crippen LogP contribution < -0.4 is 5.32 Å². The number of amides is 2. The van der Waals surface area contributed by atoms with Crippen LogP contribution in [0.1, 0.15) is 17.8 Å². The quantitative estimate of drug-likeness (QED) is 0.888. The highest BCUT2D eigenvalue weighted by atomic mass is 35.5. The molecule has 8 heteroatoms. The van der Waals surface area contributed by atoms with E-state index in [0.29, 0.717) is 37.5 Å². The summed E-state index contributed by atoms with van der Waals surface area (Å²) in [6.07, 6.45) is 1.00. The molecule has 0 spiro atoms. The molecule has 0 atom stereocenters. The molecule has 122 valence electrons. The standard InChI is InChI=1S/C15H16ClN3O3S/c16-10-1-2-12-11(7-10)18-13(23-12)8-17-15(22)19-5-3-9(4-6-19)14(20)21/h1-2,7,9H,3-6,8H2,(H,17,22)(H,20,21). The Labute approximate surface area is 142 Å². The Morgan fingerprint density at radius 1 is 1.39 bits per heavy atom. The van der Waals surface area contributed by atoms with Crippen molar-refractivity contribution in [2.45, 2.75) is 19.4 Å². The number of hydrogen-bond donors (Lipinski definition) is 2. The van der Waals surface area contributed by atoms with Crippen molar-refractivity contribution in [3.8, 4) is 0 Å². The predicted octanol–water partition coefficient (Wildman–Crippen LogP) is 2.96. The van der Waals surface area contributed by atoms with Crippen molar-refractivity contribution in [2.24, 2.45) is 5.92 Å². The Kier molecular flexibility index (Phi) is 4.68. The topological polar surface area (TPSA) is 82.5 Å². The van der Waals surface area contributed by atoms with Gasteiger partial charge in [-0.1, -0.05) is 11.6 Å². The van der Waals surface area contributed by atoms with Gasteiger partial charge in [0.2, 0.25) is 0 Å². The first kappa shape index (κ1) is 16.0. The number of carboxylic acid groups (broad SMARTS) is 1. The molecule has 1 aromatic heterocycles. The number of likely N-dealkylation sites (tertiary alicyclic amines) is 1. The second-order valence-corrected chi connectivity index (χ2v) is 7.03. The van der Waals surface area contributed by atoms with Crippen molar-refractivity contribution in [1.82, 2.24) is 15.2 Å². The number of carbonyl (C=O) groups excluding carboxylic acids is 1. The number of nitrogens with zero attached hydrogens (tertiary/aromatic N) is 2. The van der Waals surface area contributed by atoms with E-state index >= 15 is 0 Å². The van der Waals surface area contributed by atoms with Gasteiger partial charge in [0.15, 0.2) is 0 Å². The number of fused-ring (bicyclic) bond motifs is 1. The maximum absolute atomic E-state index is 12.1. The third-order valence-electron chi connectivity index (χ3n) is 3.92. The number of aromatic nitrogens is 1. The summed E-state index contributed by atoms with van der Waals surface area (Å²) >= 11 is 7.46. The molecule has 0 radical (unpaired) electrons. The maximum atomic E-state index is 12.1. The zero-order chi connectivity index (χ0) is 16.4. The molecule has 3 rings (SSSR count). The van der Waals surface area contributed by atoms with E-state index in [1.54, 1.807) is 11.0 Å². The number of halogens is 1. The lowest BCUT2D eigenvalue weighted by Crippen LogP contribution is -2.45. The highest BCUT2D eigenvalue weighted by Crippen LogP contribution is 2.25. The monoisotopic (exact) mass is 353 g/mol. The minimum Gasteiger partial charge on any atom is -0.481 e. The van der Waals surface area contributed by atoms with Crippen LogP contribution in [0.2, 0.25) is 5.02 Å². The molecule has 0 bridgehead atoms. The number of nitrogens with one attached hydrogen (secondary N) is 1. The van der Waals surface area contributed by atoms with Crippen LogP contribution in [-0.4, -0.2) is 40.1 Å². The molecule has 1 aromatic carbocycles. The molecule has 0 aliphatic carbocycles. The molecule has 2 N–H and O–H groups in total. The molecule has 2 amide bonds. The van der Waals surface area contributed by atoms with E-state index < -0.39 is 5.97 Å². The summed E-state index contributed by atoms with van der Waals surface area (Å²) < 4.78 is 1.03. The average Bonchev–Trinajstić information content (AvgIpc) is 2.94. The van der Waals surface area contributed by atoms with Crippen LogP contribution in [-0.2, 0) is 11.3 Å². The summed E-state index contributed by atoms with van der Waals surface area (Å²) in [5.41, 5.74) is 0.828. The number of carboxylic acids is 1. The number of urea groups is 1. The summed E-state index contributed by atoms with van der Waals surface area (Å²) in [5.74, 6) is -1.12. The van der Waals surface area contributed by atoms with Crippen molar-refractivity contribution in [2.75, 3.05) is 13.1 Å². The molecular weight excluding hydrogens is 338 g/mol. The first-order valence-electron chi connectivity index (χ1n) is 7.33. The number of benzene rings is 1. The number of piperidine rings is 1. The molecule has 1 fully saturated rings. The van der Waals surface area contributed by atoms with Gasteiger partial charge in [-0.05, 0) is 31.0 Å². The van der Waals surface area contributed by atoms with Gasteiger partial charge in [-0.2, -0.15) is 0 Å². The highest BCUT2D eigenvalue weighted by Gasteiger charge is 2.26. The van der Waals surface area contributed by atoms with Crippen LogP contribution in [0.25, 0.3) is 10.2 Å². The summed E-state index contributed by atoms with van der Waals surface area (Å²) in [6.45, 7) is 1.30. The van der Waals surface area contributed by atoms with Gasteiger partial charge in [0.1, 0.15) is 5.01 Å². The van der Waals surface area contributed by atoms with Crippen molar-refractivity contribution in [3.63, 3.8) is 0 Å². The van der Waals surface area contributed by atoms with Gasteiger partial charge in [-0.15, -0.1) is 11.3 Å². The highest BCUT2D eigenvalue weighted by molar-refractivity contribution is 7.18. The summed E-state index contributed by atoms with van der Waals surface area (Å²) in [4.78, 5) is 29.2. The molecule has 0 unspecified atom stereocenters. The number of aliphatic carboxylic acids is 1. The van der Waals surface area contributed by atoms with Gasteiger partial charge >= 0.3 is 12.0 Å². The van der Waals surface area contributed by atoms with Crippen LogP contribution in [0.3, 0.4) is 0 Å². The van der Waals surface area contributed by atoms with Gasteiger partial charge in [0.05, 0.1) is 22.7 Å². The van der Waals surface area contributed by atoms with E-state index in [9.17, 15) is 9.59 Å². The van der Waals surface area contributed by atoms with Crippen LogP contribution >= 0.6 is 22.9 Å². The van der Waals surface area contributed by atoms with E-state index in [1.165, 1.54) is 11.3 Å². The molecule has 1 saturated heterocycles. The first-order valence-corrected chi connectivity index (χ1v) is 8.53. The van der Waals surface area contributed by atoms with E-state index in [2.05, 4.69) is 10.3 Å². The largest absolute Gasteiger partial charge is 0.481 e. The molecule has 2 heterocycles. The van der Waals surface area contributed by atoms with E-state index in [-0.39, 0.29) is 11.9 Å². The minimum atomic E-state index is -0.779. The molecule has 23 heavy (non-hydrogen) atoms. The van der Waals surface area contributed by atoms with Crippen molar-refractivity contribution < 1.29 is 14.7 Å². The molecular formula is C15H16ClN3O3S. The molecule has 2 aromatic rings. The SMILES string of the molecule is O=C(O)C1CCN(C(=O)NCc2nc3cc(Cl)ccc3s2)CC1. The maximum Gasteiger partial charge on any atom is 0.317 e. The van der Waals surface area contributed by atoms with Gasteiger partial charge in [-0.25, -0.2) is 9.78 Å². The second-order valence-electron chi connectivity index (χ2n) is 5.48. The Balaban J connectivity index is 1.55. The zero-order valence-electron chi connectivity index (χ0n) is 12.3. The molecule has 1 aliphatic rings. The van der Waals surface area contributed by atoms with Gasteiger partial charge in [0.25, 0.3) is 0 Å². The smallest absolute Gasteiger partial charge is 0.317 e. The number of thiazole rings is 1. The third kappa shape index (κ3) is 3.73. The van der Waals surface area contributed by atoms with E-state index in [1.807, 2.05) is 12.1 Å². The van der Waals surface area contributed by atoms with Gasteiger partial charge < -0.3 is 15.3 Å². The second kappa shape index (κ2) is 6.72. The third-order valence-corrected chi connectivity index (χ3v) is 5.19. The fourth-order valence-corrected chi connectivity index (χ4v) is 3.67. The number of rotatable bonds is 3. The van der Waals surface area contributed by atoms with Crippen molar-refractivity contribution >= 4 is 45.2 Å². The van der Waals surface area contributed by atoms with Crippen molar-refractivity contribution in [3.05, 3.63) is 28.2 Å². The number of carbonyl (C=O) groups is 2. The van der Waals surface area contributed by atoms with Gasteiger partial charge in [-0.3, -0.25) is 4.79 Å². The van der Waals surface area contributed by atoms with Crippen molar-refractivity contribution in [1.29, 1.82) is 0 Å². The molecule has 6 nitrogen and oxygen atoms in total. The minimum absolute atomic E-state index is 0.175. The van der Waals surface area contributed by atoms with Gasteiger partial charge in [0, 0.05) is 18.1 Å². The lowest BCUT2D eigenvalue weighted by molar-refractivity contribution is -0.143. The Morgan fingerprint density at radius 3 is 2.83 bits per heavy atom. The van der Waals surface area contributed by atoms with Crippen LogP contribution in [0, 0.1) is 5.92 Å².